The Bertz CT molecular complexity index is 671. The van der Waals surface area contributed by atoms with Gasteiger partial charge in [-0.3, -0.25) is 9.48 Å². The number of aryl methyl sites for hydroxylation is 2. The molecular weight excluding hydrogens is 274 g/mol. The maximum absolute atomic E-state index is 12.4. The second-order valence-electron chi connectivity index (χ2n) is 5.38. The van der Waals surface area contributed by atoms with Gasteiger partial charge in [0.05, 0.1) is 5.69 Å². The summed E-state index contributed by atoms with van der Waals surface area (Å²) in [4.78, 5) is 14.2. The number of hydrogen-bond acceptors (Lipinski definition) is 2. The van der Waals surface area contributed by atoms with E-state index in [9.17, 15) is 4.79 Å². The number of amides is 1. The predicted molar refractivity (Wildman–Crippen MR) is 89.2 cm³/mol. The molecule has 0 saturated carbocycles. The van der Waals surface area contributed by atoms with Gasteiger partial charge < -0.3 is 4.90 Å². The van der Waals surface area contributed by atoms with Crippen molar-refractivity contribution >= 4 is 12.0 Å². The van der Waals surface area contributed by atoms with Gasteiger partial charge in [0.1, 0.15) is 0 Å². The summed E-state index contributed by atoms with van der Waals surface area (Å²) in [5, 5.41) is 4.36. The average Bonchev–Trinajstić information content (AvgIpc) is 2.76. The highest BCUT2D eigenvalue weighted by Crippen LogP contribution is 2.14. The van der Waals surface area contributed by atoms with Crippen LogP contribution in [0.2, 0.25) is 0 Å². The predicted octanol–water partition coefficient (Wildman–Crippen LogP) is 3.10. The minimum absolute atomic E-state index is 0.0222. The molecule has 1 amide bonds. The van der Waals surface area contributed by atoms with Crippen LogP contribution >= 0.6 is 0 Å². The Morgan fingerprint density at radius 3 is 2.50 bits per heavy atom. The van der Waals surface area contributed by atoms with Crippen molar-refractivity contribution in [2.24, 2.45) is 7.05 Å². The molecule has 0 bridgehead atoms. The topological polar surface area (TPSA) is 38.1 Å². The summed E-state index contributed by atoms with van der Waals surface area (Å²) in [7, 11) is 1.91. The fourth-order valence-electron chi connectivity index (χ4n) is 2.44. The first kappa shape index (κ1) is 16.0. The zero-order valence-corrected chi connectivity index (χ0v) is 13.7. The van der Waals surface area contributed by atoms with Crippen molar-refractivity contribution in [3.63, 3.8) is 0 Å². The fraction of sp³-hybridized carbons (Fsp3) is 0.333. The molecule has 1 aromatic carbocycles. The summed E-state index contributed by atoms with van der Waals surface area (Å²) in [6, 6.07) is 10.0. The lowest BCUT2D eigenvalue weighted by Crippen LogP contribution is -2.28. The number of benzene rings is 1. The Balaban J connectivity index is 2.10. The number of likely N-dealkylation sites (N-methyl/N-ethyl adjacent to an activating group) is 1. The number of carbonyl (C=O) groups is 1. The molecule has 1 heterocycles. The molecule has 2 aromatic rings. The van der Waals surface area contributed by atoms with E-state index in [-0.39, 0.29) is 5.91 Å². The van der Waals surface area contributed by atoms with E-state index in [0.29, 0.717) is 13.1 Å². The zero-order valence-electron chi connectivity index (χ0n) is 13.7. The zero-order chi connectivity index (χ0) is 16.1. The van der Waals surface area contributed by atoms with E-state index >= 15 is 0 Å². The smallest absolute Gasteiger partial charge is 0.246 e. The lowest BCUT2D eigenvalue weighted by atomic mass is 10.1. The fourth-order valence-corrected chi connectivity index (χ4v) is 2.44. The first-order valence-corrected chi connectivity index (χ1v) is 7.54. The standard InChI is InChI=1S/C18H23N3O/c1-5-21(13-16-9-7-6-8-10-16)18(22)12-11-17-14(2)19-20(4)15(17)3/h6-12H,5,13H2,1-4H3/b12-11+. The molecule has 116 valence electrons. The number of aromatic nitrogens is 2. The third kappa shape index (κ3) is 3.64. The Labute approximate surface area is 132 Å². The van der Waals surface area contributed by atoms with Gasteiger partial charge in [-0.1, -0.05) is 30.3 Å². The summed E-state index contributed by atoms with van der Waals surface area (Å²) in [6.07, 6.45) is 3.51. The molecule has 22 heavy (non-hydrogen) atoms. The monoisotopic (exact) mass is 297 g/mol. The molecular formula is C18H23N3O. The van der Waals surface area contributed by atoms with E-state index in [0.717, 1.165) is 22.5 Å². The minimum atomic E-state index is 0.0222. The molecule has 0 radical (unpaired) electrons. The van der Waals surface area contributed by atoms with E-state index in [1.807, 2.05) is 73.8 Å². The van der Waals surface area contributed by atoms with Crippen molar-refractivity contribution in [2.75, 3.05) is 6.54 Å². The maximum Gasteiger partial charge on any atom is 0.246 e. The van der Waals surface area contributed by atoms with Gasteiger partial charge in [-0.25, -0.2) is 0 Å². The quantitative estimate of drug-likeness (QED) is 0.795. The lowest BCUT2D eigenvalue weighted by Gasteiger charge is -2.19. The van der Waals surface area contributed by atoms with E-state index in [4.69, 9.17) is 0 Å². The number of hydrogen-bond donors (Lipinski definition) is 0. The maximum atomic E-state index is 12.4. The van der Waals surface area contributed by atoms with Crippen LogP contribution in [0.5, 0.6) is 0 Å². The van der Waals surface area contributed by atoms with Crippen LogP contribution in [0.4, 0.5) is 0 Å². The highest BCUT2D eigenvalue weighted by atomic mass is 16.2. The molecule has 0 N–H and O–H groups in total. The largest absolute Gasteiger partial charge is 0.335 e. The Morgan fingerprint density at radius 2 is 1.95 bits per heavy atom. The van der Waals surface area contributed by atoms with Crippen LogP contribution in [0, 0.1) is 13.8 Å². The summed E-state index contributed by atoms with van der Waals surface area (Å²) in [6.45, 7) is 7.27. The number of nitrogens with zero attached hydrogens (tertiary/aromatic N) is 3. The number of rotatable bonds is 5. The van der Waals surface area contributed by atoms with Gasteiger partial charge in [0.25, 0.3) is 0 Å². The van der Waals surface area contributed by atoms with Crippen LogP contribution in [0.1, 0.15) is 29.4 Å². The highest BCUT2D eigenvalue weighted by molar-refractivity contribution is 5.92. The third-order valence-electron chi connectivity index (χ3n) is 3.87. The van der Waals surface area contributed by atoms with E-state index < -0.39 is 0 Å². The van der Waals surface area contributed by atoms with Gasteiger partial charge in [-0.2, -0.15) is 5.10 Å². The number of carbonyl (C=O) groups excluding carboxylic acids is 1. The van der Waals surface area contributed by atoms with E-state index in [1.165, 1.54) is 0 Å². The van der Waals surface area contributed by atoms with Crippen molar-refractivity contribution in [1.29, 1.82) is 0 Å². The summed E-state index contributed by atoms with van der Waals surface area (Å²) in [5.41, 5.74) is 4.16. The van der Waals surface area contributed by atoms with Crippen molar-refractivity contribution in [3.05, 3.63) is 58.9 Å². The molecule has 0 saturated heterocycles. The summed E-state index contributed by atoms with van der Waals surface area (Å²) < 4.78 is 1.83. The van der Waals surface area contributed by atoms with Crippen molar-refractivity contribution < 1.29 is 4.79 Å². The highest BCUT2D eigenvalue weighted by Gasteiger charge is 2.11. The molecule has 0 aliphatic heterocycles. The SMILES string of the molecule is CCN(Cc1ccccc1)C(=O)/C=C/c1c(C)nn(C)c1C. The molecule has 0 aliphatic carbocycles. The molecule has 0 atom stereocenters. The van der Waals surface area contributed by atoms with Crippen LogP contribution in [-0.2, 0) is 18.4 Å². The van der Waals surface area contributed by atoms with E-state index in [1.54, 1.807) is 6.08 Å². The van der Waals surface area contributed by atoms with Gasteiger partial charge in [0, 0.05) is 37.5 Å². The second kappa shape index (κ2) is 7.07. The normalized spacial score (nSPS) is 11.1. The Hall–Kier alpha value is -2.36. The Kier molecular flexibility index (Phi) is 5.15. The van der Waals surface area contributed by atoms with Gasteiger partial charge in [-0.05, 0) is 32.4 Å². The second-order valence-corrected chi connectivity index (χ2v) is 5.38. The van der Waals surface area contributed by atoms with Gasteiger partial charge >= 0.3 is 0 Å². The molecule has 0 spiro atoms. The average molecular weight is 297 g/mol. The van der Waals surface area contributed by atoms with Crippen LogP contribution in [-0.4, -0.2) is 27.1 Å². The molecule has 0 fully saturated rings. The first-order valence-electron chi connectivity index (χ1n) is 7.54. The molecule has 4 heteroatoms. The summed E-state index contributed by atoms with van der Waals surface area (Å²) in [5.74, 6) is 0.0222. The van der Waals surface area contributed by atoms with Gasteiger partial charge in [0.15, 0.2) is 0 Å². The third-order valence-corrected chi connectivity index (χ3v) is 3.87. The van der Waals surface area contributed by atoms with Crippen LogP contribution in [0.3, 0.4) is 0 Å². The van der Waals surface area contributed by atoms with Crippen molar-refractivity contribution in [1.82, 2.24) is 14.7 Å². The lowest BCUT2D eigenvalue weighted by molar-refractivity contribution is -0.126. The van der Waals surface area contributed by atoms with Gasteiger partial charge in [-0.15, -0.1) is 0 Å². The molecule has 0 aliphatic rings. The van der Waals surface area contributed by atoms with E-state index in [2.05, 4.69) is 5.10 Å². The Morgan fingerprint density at radius 1 is 1.27 bits per heavy atom. The van der Waals surface area contributed by atoms with Crippen LogP contribution < -0.4 is 0 Å². The molecule has 2 rings (SSSR count). The minimum Gasteiger partial charge on any atom is -0.335 e. The van der Waals surface area contributed by atoms with Crippen LogP contribution in [0.25, 0.3) is 6.08 Å². The van der Waals surface area contributed by atoms with Gasteiger partial charge in [0.2, 0.25) is 5.91 Å². The van der Waals surface area contributed by atoms with Crippen molar-refractivity contribution in [3.8, 4) is 0 Å². The molecule has 4 nitrogen and oxygen atoms in total. The van der Waals surface area contributed by atoms with Crippen molar-refractivity contribution in [2.45, 2.75) is 27.3 Å². The van der Waals surface area contributed by atoms with Crippen LogP contribution in [0.15, 0.2) is 36.4 Å². The summed E-state index contributed by atoms with van der Waals surface area (Å²) >= 11 is 0. The molecule has 0 unspecified atom stereocenters. The molecule has 1 aromatic heterocycles. The first-order chi connectivity index (χ1) is 10.5.